The van der Waals surface area contributed by atoms with Crippen molar-refractivity contribution in [1.82, 2.24) is 0 Å². The van der Waals surface area contributed by atoms with Gasteiger partial charge in [0.1, 0.15) is 11.5 Å². The van der Waals surface area contributed by atoms with Crippen LogP contribution in [0.2, 0.25) is 0 Å². The maximum Gasteiger partial charge on any atom is 0.347 e. The van der Waals surface area contributed by atoms with Crippen LogP contribution >= 0.6 is 15.9 Å². The second kappa shape index (κ2) is 7.38. The summed E-state index contributed by atoms with van der Waals surface area (Å²) < 4.78 is 10.9. The van der Waals surface area contributed by atoms with Crippen LogP contribution in [0.15, 0.2) is 24.3 Å². The molecule has 0 radical (unpaired) electrons. The fraction of sp³-hybridized carbons (Fsp3) is 0.500. The average Bonchev–Trinajstić information content (AvgIpc) is 2.36. The molecule has 106 valence electrons. The highest BCUT2D eigenvalue weighted by Gasteiger charge is 2.29. The van der Waals surface area contributed by atoms with Gasteiger partial charge in [-0.2, -0.15) is 0 Å². The van der Waals surface area contributed by atoms with Crippen LogP contribution in [0.5, 0.6) is 11.5 Å². The van der Waals surface area contributed by atoms with Gasteiger partial charge in [-0.15, -0.1) is 0 Å². The molecule has 1 N–H and O–H groups in total. The molecule has 0 aliphatic rings. The number of carboxylic acids is 1. The zero-order chi connectivity index (χ0) is 14.3. The minimum Gasteiger partial charge on any atom is -0.494 e. The topological polar surface area (TPSA) is 55.8 Å². The quantitative estimate of drug-likeness (QED) is 0.585. The molecule has 0 aliphatic carbocycles. The molecule has 1 aromatic carbocycles. The lowest BCUT2D eigenvalue weighted by Crippen LogP contribution is -2.37. The van der Waals surface area contributed by atoms with E-state index in [1.807, 2.05) is 0 Å². The number of hydrogen-bond donors (Lipinski definition) is 1. The molecule has 0 fully saturated rings. The summed E-state index contributed by atoms with van der Waals surface area (Å²) in [5.74, 6) is 0.276. The van der Waals surface area contributed by atoms with Gasteiger partial charge in [-0.05, 0) is 51.0 Å². The average molecular weight is 331 g/mol. The second-order valence-corrected chi connectivity index (χ2v) is 5.43. The first kappa shape index (κ1) is 15.8. The summed E-state index contributed by atoms with van der Waals surface area (Å²) in [7, 11) is 0. The van der Waals surface area contributed by atoms with Gasteiger partial charge in [0.05, 0.1) is 6.61 Å². The summed E-state index contributed by atoms with van der Waals surface area (Å²) >= 11 is 3.36. The molecule has 0 bridgehead atoms. The Hall–Kier alpha value is -1.23. The van der Waals surface area contributed by atoms with Crippen molar-refractivity contribution in [2.45, 2.75) is 32.3 Å². The fourth-order valence-corrected chi connectivity index (χ4v) is 1.73. The lowest BCUT2D eigenvalue weighted by molar-refractivity contribution is -0.152. The van der Waals surface area contributed by atoms with E-state index in [-0.39, 0.29) is 0 Å². The number of hydrogen-bond acceptors (Lipinski definition) is 3. The first-order valence-electron chi connectivity index (χ1n) is 6.17. The van der Waals surface area contributed by atoms with Crippen LogP contribution in [0, 0.1) is 0 Å². The molecule has 0 saturated carbocycles. The number of alkyl halides is 1. The molecular formula is C14H19BrO4. The molecule has 0 atom stereocenters. The Kier molecular flexibility index (Phi) is 6.15. The van der Waals surface area contributed by atoms with E-state index >= 15 is 0 Å². The van der Waals surface area contributed by atoms with Crippen molar-refractivity contribution in [1.29, 1.82) is 0 Å². The SMILES string of the molecule is CC(C)(Oc1ccc(OCCCCBr)cc1)C(=O)O. The van der Waals surface area contributed by atoms with Gasteiger partial charge in [0.15, 0.2) is 5.60 Å². The monoisotopic (exact) mass is 330 g/mol. The summed E-state index contributed by atoms with van der Waals surface area (Å²) in [6.07, 6.45) is 2.07. The van der Waals surface area contributed by atoms with E-state index in [0.717, 1.165) is 23.9 Å². The summed E-state index contributed by atoms with van der Waals surface area (Å²) in [6, 6.07) is 6.98. The van der Waals surface area contributed by atoms with Crippen molar-refractivity contribution in [2.24, 2.45) is 0 Å². The Morgan fingerprint density at radius 3 is 2.32 bits per heavy atom. The number of ether oxygens (including phenoxy) is 2. The molecule has 0 spiro atoms. The first-order chi connectivity index (χ1) is 8.95. The molecule has 0 heterocycles. The van der Waals surface area contributed by atoms with Gasteiger partial charge in [0.2, 0.25) is 0 Å². The predicted molar refractivity (Wildman–Crippen MR) is 77.3 cm³/mol. The zero-order valence-corrected chi connectivity index (χ0v) is 12.8. The maximum atomic E-state index is 10.9. The Morgan fingerprint density at radius 1 is 1.21 bits per heavy atom. The van der Waals surface area contributed by atoms with Gasteiger partial charge in [0.25, 0.3) is 0 Å². The summed E-state index contributed by atoms with van der Waals surface area (Å²) in [6.45, 7) is 3.70. The van der Waals surface area contributed by atoms with Crippen molar-refractivity contribution >= 4 is 21.9 Å². The zero-order valence-electron chi connectivity index (χ0n) is 11.2. The first-order valence-corrected chi connectivity index (χ1v) is 7.29. The van der Waals surface area contributed by atoms with Crippen molar-refractivity contribution in [2.75, 3.05) is 11.9 Å². The van der Waals surface area contributed by atoms with Crippen LogP contribution in [0.25, 0.3) is 0 Å². The Labute approximate surface area is 121 Å². The van der Waals surface area contributed by atoms with Crippen LogP contribution in [0.3, 0.4) is 0 Å². The molecule has 4 nitrogen and oxygen atoms in total. The van der Waals surface area contributed by atoms with E-state index < -0.39 is 11.6 Å². The van der Waals surface area contributed by atoms with Crippen molar-refractivity contribution in [3.63, 3.8) is 0 Å². The molecule has 0 aromatic heterocycles. The van der Waals surface area contributed by atoms with E-state index in [1.54, 1.807) is 24.3 Å². The predicted octanol–water partition coefficient (Wildman–Crippen LogP) is 3.48. The van der Waals surface area contributed by atoms with Gasteiger partial charge >= 0.3 is 5.97 Å². The molecule has 19 heavy (non-hydrogen) atoms. The maximum absolute atomic E-state index is 10.9. The van der Waals surface area contributed by atoms with E-state index in [1.165, 1.54) is 13.8 Å². The van der Waals surface area contributed by atoms with Crippen molar-refractivity contribution in [3.05, 3.63) is 24.3 Å². The standard InChI is InChI=1S/C14H19BrO4/c1-14(2,13(16)17)19-12-7-5-11(6-8-12)18-10-4-3-9-15/h5-8H,3-4,9-10H2,1-2H3,(H,16,17). The number of halogens is 1. The summed E-state index contributed by atoms with van der Waals surface area (Å²) in [4.78, 5) is 10.9. The van der Waals surface area contributed by atoms with E-state index in [4.69, 9.17) is 14.6 Å². The van der Waals surface area contributed by atoms with Crippen molar-refractivity contribution < 1.29 is 19.4 Å². The van der Waals surface area contributed by atoms with Gasteiger partial charge in [-0.3, -0.25) is 0 Å². The Balaban J connectivity index is 2.50. The fourth-order valence-electron chi connectivity index (χ4n) is 1.33. The molecule has 1 rings (SSSR count). The lowest BCUT2D eigenvalue weighted by Gasteiger charge is -2.21. The Bertz CT molecular complexity index is 400. The molecule has 0 amide bonds. The van der Waals surface area contributed by atoms with Crippen LogP contribution in [-0.2, 0) is 4.79 Å². The van der Waals surface area contributed by atoms with Crippen molar-refractivity contribution in [3.8, 4) is 11.5 Å². The van der Waals surface area contributed by atoms with Crippen LogP contribution < -0.4 is 9.47 Å². The van der Waals surface area contributed by atoms with Crippen LogP contribution in [0.4, 0.5) is 0 Å². The van der Waals surface area contributed by atoms with Gasteiger partial charge in [-0.1, -0.05) is 15.9 Å². The van der Waals surface area contributed by atoms with Gasteiger partial charge in [-0.25, -0.2) is 4.79 Å². The number of benzene rings is 1. The summed E-state index contributed by atoms with van der Waals surface area (Å²) in [5.41, 5.74) is -1.24. The number of rotatable bonds is 8. The molecule has 0 unspecified atom stereocenters. The van der Waals surface area contributed by atoms with Crippen LogP contribution in [0.1, 0.15) is 26.7 Å². The number of aliphatic carboxylic acids is 1. The highest BCUT2D eigenvalue weighted by Crippen LogP contribution is 2.22. The third kappa shape index (κ3) is 5.51. The molecule has 5 heteroatoms. The third-order valence-corrected chi connectivity index (χ3v) is 3.07. The normalized spacial score (nSPS) is 11.1. The molecule has 0 aliphatic heterocycles. The second-order valence-electron chi connectivity index (χ2n) is 4.63. The van der Waals surface area contributed by atoms with E-state index in [0.29, 0.717) is 12.4 Å². The minimum absolute atomic E-state index is 0.514. The molecule has 1 aromatic rings. The summed E-state index contributed by atoms with van der Waals surface area (Å²) in [5, 5.41) is 9.95. The van der Waals surface area contributed by atoms with E-state index in [9.17, 15) is 4.79 Å². The van der Waals surface area contributed by atoms with Gasteiger partial charge < -0.3 is 14.6 Å². The number of carboxylic acid groups (broad SMARTS) is 1. The van der Waals surface area contributed by atoms with Crippen LogP contribution in [-0.4, -0.2) is 28.6 Å². The van der Waals surface area contributed by atoms with E-state index in [2.05, 4.69) is 15.9 Å². The highest BCUT2D eigenvalue weighted by atomic mass is 79.9. The minimum atomic E-state index is -1.24. The smallest absolute Gasteiger partial charge is 0.347 e. The lowest BCUT2D eigenvalue weighted by atomic mass is 10.1. The molecular weight excluding hydrogens is 312 g/mol. The van der Waals surface area contributed by atoms with Gasteiger partial charge in [0, 0.05) is 5.33 Å². The number of unbranched alkanes of at least 4 members (excludes halogenated alkanes) is 1. The number of carbonyl (C=O) groups is 1. The largest absolute Gasteiger partial charge is 0.494 e. The molecule has 0 saturated heterocycles. The Morgan fingerprint density at radius 2 is 1.79 bits per heavy atom. The third-order valence-electron chi connectivity index (χ3n) is 2.51. The highest BCUT2D eigenvalue weighted by molar-refractivity contribution is 9.09.